The molecule has 0 radical (unpaired) electrons. The van der Waals surface area contributed by atoms with Gasteiger partial charge in [0.15, 0.2) is 0 Å². The quantitative estimate of drug-likeness (QED) is 0.274. The predicted molar refractivity (Wildman–Crippen MR) is 124 cm³/mol. The molecule has 3 aromatic carbocycles. The van der Waals surface area contributed by atoms with E-state index in [9.17, 15) is 3.44 Å². The van der Waals surface area contributed by atoms with E-state index in [0.29, 0.717) is 19.6 Å². The largest absolute Gasteiger partial charge is 0 e. The monoisotopic (exact) mass is 565 g/mol. The molecule has 5 nitrogen and oxygen atoms in total. The van der Waals surface area contributed by atoms with Gasteiger partial charge in [0.2, 0.25) is 0 Å². The third-order valence-corrected chi connectivity index (χ3v) is 14.8. The molecule has 0 aliphatic rings. The van der Waals surface area contributed by atoms with Crippen molar-refractivity contribution in [1.29, 1.82) is 0 Å². The fourth-order valence-electron chi connectivity index (χ4n) is 3.30. The second kappa shape index (κ2) is 15.7. The standard InChI is InChI=1S/C6H15NO3.3C6H5.H2O.Sn.Ti/c8-4-1-7(2-5-9)3-6-10;3*1-2-4-6-5-3-1;;;/h8-10H,1-6H2;3*1-5H;1H2;;/q;;;;;+1;/p-1. The molecule has 0 bridgehead atoms. The zero-order valence-electron chi connectivity index (χ0n) is 17.6. The first-order chi connectivity index (χ1) is 14.7. The summed E-state index contributed by atoms with van der Waals surface area (Å²) in [6.45, 7) is 1.75. The van der Waals surface area contributed by atoms with Crippen molar-refractivity contribution in [3.63, 3.8) is 0 Å². The number of aliphatic hydroxyl groups is 3. The Morgan fingerprint density at radius 1 is 0.516 bits per heavy atom. The summed E-state index contributed by atoms with van der Waals surface area (Å²) >= 11 is -3.78. The van der Waals surface area contributed by atoms with Crippen LogP contribution in [-0.4, -0.2) is 81.9 Å². The molecule has 31 heavy (non-hydrogen) atoms. The van der Waals surface area contributed by atoms with E-state index in [4.69, 9.17) is 15.3 Å². The third-order valence-electron chi connectivity index (χ3n) is 4.82. The van der Waals surface area contributed by atoms with Gasteiger partial charge in [-0.25, -0.2) is 0 Å². The van der Waals surface area contributed by atoms with Crippen LogP contribution in [0.2, 0.25) is 0 Å². The predicted octanol–water partition coefficient (Wildman–Crippen LogP) is -0.0914. The van der Waals surface area contributed by atoms with Crippen LogP contribution in [0, 0.1) is 0 Å². The van der Waals surface area contributed by atoms with Gasteiger partial charge in [0, 0.05) is 41.4 Å². The molecule has 0 saturated heterocycles. The van der Waals surface area contributed by atoms with Crippen molar-refractivity contribution < 1.29 is 40.5 Å². The van der Waals surface area contributed by atoms with E-state index >= 15 is 0 Å². The molecule has 7 heteroatoms. The fourth-order valence-corrected chi connectivity index (χ4v) is 11.9. The van der Waals surface area contributed by atoms with Crippen LogP contribution in [0.5, 0.6) is 0 Å². The Morgan fingerprint density at radius 2 is 0.774 bits per heavy atom. The Balaban J connectivity index is 0.000000376. The topological polar surface area (TPSA) is 84.2 Å². The van der Waals surface area contributed by atoms with Crippen LogP contribution in [0.15, 0.2) is 91.0 Å². The molecule has 0 spiro atoms. The summed E-state index contributed by atoms with van der Waals surface area (Å²) in [4.78, 5) is 1.79. The Morgan fingerprint density at radius 3 is 1.00 bits per heavy atom. The summed E-state index contributed by atoms with van der Waals surface area (Å²) in [7, 11) is 0. The molecule has 0 atom stereocenters. The fraction of sp³-hybridized carbons (Fsp3) is 0.250. The molecular weight excluding hydrogens is 533 g/mol. The average Bonchev–Trinajstić information content (AvgIpc) is 2.81. The van der Waals surface area contributed by atoms with E-state index in [1.165, 1.54) is 0 Å². The van der Waals surface area contributed by atoms with Crippen LogP contribution in [0.4, 0.5) is 0 Å². The van der Waals surface area contributed by atoms with Crippen molar-refractivity contribution in [2.75, 3.05) is 39.5 Å². The van der Waals surface area contributed by atoms with Crippen molar-refractivity contribution >= 4 is 29.5 Å². The number of hydrogen-bond acceptors (Lipinski definition) is 5. The molecule has 4 N–H and O–H groups in total. The van der Waals surface area contributed by atoms with Crippen molar-refractivity contribution in [3.8, 4) is 0 Å². The van der Waals surface area contributed by atoms with E-state index < -0.39 is 18.8 Å². The van der Waals surface area contributed by atoms with Crippen molar-refractivity contribution in [3.05, 3.63) is 91.0 Å². The van der Waals surface area contributed by atoms with Gasteiger partial charge < -0.3 is 15.3 Å². The Labute approximate surface area is 204 Å². The van der Waals surface area contributed by atoms with E-state index in [1.807, 2.05) is 54.6 Å². The molecule has 0 aromatic heterocycles. The number of aliphatic hydroxyl groups excluding tert-OH is 3. The first-order valence-corrected chi connectivity index (χ1v) is 15.7. The van der Waals surface area contributed by atoms with Crippen molar-refractivity contribution in [2.45, 2.75) is 0 Å². The number of hydrogen-bond donors (Lipinski definition) is 4. The number of rotatable bonds is 9. The van der Waals surface area contributed by atoms with Gasteiger partial charge in [-0.05, 0) is 0 Å². The second-order valence-corrected chi connectivity index (χ2v) is 15.8. The zero-order valence-corrected chi connectivity index (χ0v) is 22.1. The smallest absolute Gasteiger partial charge is 0 e. The molecule has 3 rings (SSSR count). The van der Waals surface area contributed by atoms with Gasteiger partial charge in [-0.3, -0.25) is 4.90 Å². The first-order valence-electron chi connectivity index (χ1n) is 10.1. The number of nitrogens with zero attached hydrogens (tertiary/aromatic N) is 1. The molecule has 0 amide bonds. The van der Waals surface area contributed by atoms with E-state index in [2.05, 4.69) is 36.4 Å². The van der Waals surface area contributed by atoms with E-state index in [0.717, 1.165) is 10.7 Å². The van der Waals surface area contributed by atoms with Crippen LogP contribution >= 0.6 is 0 Å². The van der Waals surface area contributed by atoms with Gasteiger partial charge >= 0.3 is 124 Å². The Hall–Kier alpha value is -1.03. The molecule has 3 aromatic rings. The van der Waals surface area contributed by atoms with Crippen molar-refractivity contribution in [2.24, 2.45) is 0 Å². The summed E-state index contributed by atoms with van der Waals surface area (Å²) in [5.41, 5.74) is 0. The summed E-state index contributed by atoms with van der Waals surface area (Å²) in [6, 6.07) is 30.3. The molecule has 0 saturated carbocycles. The Bertz CT molecular complexity index is 714. The molecule has 0 aliphatic carbocycles. The minimum atomic E-state index is -3.78. The van der Waals surface area contributed by atoms with Gasteiger partial charge in [-0.2, -0.15) is 0 Å². The van der Waals surface area contributed by atoms with Crippen LogP contribution in [0.3, 0.4) is 0 Å². The molecule has 164 valence electrons. The maximum Gasteiger partial charge on any atom is 0 e. The molecule has 0 fully saturated rings. The van der Waals surface area contributed by atoms with Gasteiger partial charge in [-0.15, -0.1) is 0 Å². The summed E-state index contributed by atoms with van der Waals surface area (Å²) < 4.78 is 14.9. The SMILES string of the molecule is OCCN(CCO)CCO.[OH][Sn]([c]1ccccc1)([c]1ccccc1)[c]1ccccc1.[Ti]. The zero-order chi connectivity index (χ0) is 21.7. The van der Waals surface area contributed by atoms with Crippen molar-refractivity contribution in [1.82, 2.24) is 4.90 Å². The minimum Gasteiger partial charge on any atom is 0 e. The molecule has 0 heterocycles. The summed E-state index contributed by atoms with van der Waals surface area (Å²) in [5.74, 6) is 0. The van der Waals surface area contributed by atoms with Gasteiger partial charge in [0.25, 0.3) is 0 Å². The van der Waals surface area contributed by atoms with E-state index in [1.54, 1.807) is 4.90 Å². The molecule has 0 aliphatic heterocycles. The van der Waals surface area contributed by atoms with Crippen LogP contribution in [-0.2, 0) is 21.7 Å². The van der Waals surface area contributed by atoms with Gasteiger partial charge in [-0.1, -0.05) is 0 Å². The van der Waals surface area contributed by atoms with Gasteiger partial charge in [0.05, 0.1) is 19.8 Å². The van der Waals surface area contributed by atoms with Crippen LogP contribution in [0.25, 0.3) is 0 Å². The maximum absolute atomic E-state index is 11.6. The Kier molecular flexibility index (Phi) is 14.2. The third kappa shape index (κ3) is 8.44. The normalized spacial score (nSPS) is 10.7. The summed E-state index contributed by atoms with van der Waals surface area (Å²) in [5, 5.41) is 25.5. The van der Waals surface area contributed by atoms with Crippen LogP contribution < -0.4 is 10.7 Å². The molecule has 0 unspecified atom stereocenters. The number of benzene rings is 3. The van der Waals surface area contributed by atoms with Crippen LogP contribution in [0.1, 0.15) is 0 Å². The first kappa shape index (κ1) is 28.0. The van der Waals surface area contributed by atoms with Gasteiger partial charge in [0.1, 0.15) is 0 Å². The average molecular weight is 564 g/mol. The molecular formula is C24H31NO4SnTi. The maximum atomic E-state index is 11.6. The second-order valence-electron chi connectivity index (χ2n) is 6.82. The summed E-state index contributed by atoms with van der Waals surface area (Å²) in [6.07, 6.45) is 0. The van der Waals surface area contributed by atoms with E-state index in [-0.39, 0.29) is 41.5 Å². The minimum absolute atomic E-state index is 0.